The molecule has 1 aliphatic rings. The fraction of sp³-hybridized carbons (Fsp3) is 0.364. The van der Waals surface area contributed by atoms with Crippen molar-refractivity contribution < 1.29 is 9.84 Å². The van der Waals surface area contributed by atoms with Crippen LogP contribution in [0.15, 0.2) is 43.0 Å². The topological polar surface area (TPSA) is 96.3 Å². The van der Waals surface area contributed by atoms with Crippen molar-refractivity contribution in [2.45, 2.75) is 32.4 Å². The maximum Gasteiger partial charge on any atom is 0.212 e. The molecular formula is C22H26N6O2. The van der Waals surface area contributed by atoms with Gasteiger partial charge in [-0.2, -0.15) is 0 Å². The summed E-state index contributed by atoms with van der Waals surface area (Å²) in [5, 5.41) is 13.1. The third-order valence-electron chi connectivity index (χ3n) is 5.32. The number of ether oxygens (including phenoxy) is 1. The highest BCUT2D eigenvalue weighted by Crippen LogP contribution is 2.29. The number of aromatic nitrogens is 4. The predicted molar refractivity (Wildman–Crippen MR) is 115 cm³/mol. The number of methoxy groups -OCH3 is 1. The van der Waals surface area contributed by atoms with E-state index < -0.39 is 0 Å². The van der Waals surface area contributed by atoms with Gasteiger partial charge in [0.25, 0.3) is 0 Å². The molecule has 0 saturated carbocycles. The molecule has 2 N–H and O–H groups in total. The standard InChI is InChI=1S/C22H26N6O2/c1-15-3-5-20(23-11-15)28-9-7-19-17(13-28)22(26-14-25-19)27-18(8-10-29)16-4-6-21(30-2)24-12-16/h3-6,11-12,14,18,29H,7-10,13H2,1-2H3,(H,25,26,27). The van der Waals surface area contributed by atoms with Crippen LogP contribution in [0.3, 0.4) is 0 Å². The molecule has 4 heterocycles. The van der Waals surface area contributed by atoms with Crippen molar-refractivity contribution in [3.8, 4) is 5.88 Å². The number of fused-ring (bicyclic) bond motifs is 1. The van der Waals surface area contributed by atoms with E-state index in [9.17, 15) is 5.11 Å². The van der Waals surface area contributed by atoms with E-state index in [4.69, 9.17) is 4.74 Å². The third-order valence-corrected chi connectivity index (χ3v) is 5.32. The number of nitrogens with zero attached hydrogens (tertiary/aromatic N) is 5. The second kappa shape index (κ2) is 9.04. The van der Waals surface area contributed by atoms with Gasteiger partial charge in [0.2, 0.25) is 5.88 Å². The normalized spacial score (nSPS) is 14.2. The van der Waals surface area contributed by atoms with Crippen LogP contribution in [-0.2, 0) is 13.0 Å². The van der Waals surface area contributed by atoms with E-state index in [1.54, 1.807) is 19.6 Å². The molecule has 0 spiro atoms. The number of aliphatic hydroxyl groups excluding tert-OH is 1. The zero-order valence-corrected chi connectivity index (χ0v) is 17.2. The summed E-state index contributed by atoms with van der Waals surface area (Å²) >= 11 is 0. The van der Waals surface area contributed by atoms with Crippen LogP contribution in [0.1, 0.15) is 34.8 Å². The number of pyridine rings is 2. The quantitative estimate of drug-likeness (QED) is 0.618. The summed E-state index contributed by atoms with van der Waals surface area (Å²) in [6.07, 6.45) is 6.62. The number of anilines is 2. The highest BCUT2D eigenvalue weighted by Gasteiger charge is 2.23. The Morgan fingerprint density at radius 3 is 2.73 bits per heavy atom. The Morgan fingerprint density at radius 2 is 2.03 bits per heavy atom. The maximum absolute atomic E-state index is 9.59. The van der Waals surface area contributed by atoms with E-state index in [0.29, 0.717) is 18.8 Å². The molecule has 0 bridgehead atoms. The summed E-state index contributed by atoms with van der Waals surface area (Å²) in [5.74, 6) is 2.29. The molecule has 0 saturated heterocycles. The van der Waals surface area contributed by atoms with Crippen molar-refractivity contribution in [3.63, 3.8) is 0 Å². The molecule has 0 radical (unpaired) electrons. The van der Waals surface area contributed by atoms with Crippen LogP contribution in [0, 0.1) is 6.92 Å². The Hall–Kier alpha value is -3.26. The van der Waals surface area contributed by atoms with E-state index in [0.717, 1.165) is 47.0 Å². The molecule has 3 aromatic heterocycles. The lowest BCUT2D eigenvalue weighted by molar-refractivity contribution is 0.279. The number of aryl methyl sites for hydroxylation is 1. The molecule has 0 aliphatic carbocycles. The minimum atomic E-state index is -0.125. The number of hydrogen-bond donors (Lipinski definition) is 2. The van der Waals surface area contributed by atoms with Crippen LogP contribution >= 0.6 is 0 Å². The van der Waals surface area contributed by atoms with Crippen LogP contribution in [0.5, 0.6) is 5.88 Å². The molecular weight excluding hydrogens is 380 g/mol. The van der Waals surface area contributed by atoms with Gasteiger partial charge in [-0.3, -0.25) is 0 Å². The second-order valence-electron chi connectivity index (χ2n) is 7.36. The molecule has 3 aromatic rings. The molecule has 1 aliphatic heterocycles. The molecule has 4 rings (SSSR count). The van der Waals surface area contributed by atoms with Gasteiger partial charge in [0.05, 0.1) is 18.8 Å². The molecule has 1 atom stereocenters. The fourth-order valence-corrected chi connectivity index (χ4v) is 3.64. The van der Waals surface area contributed by atoms with Gasteiger partial charge in [-0.1, -0.05) is 12.1 Å². The largest absolute Gasteiger partial charge is 0.481 e. The lowest BCUT2D eigenvalue weighted by Crippen LogP contribution is -2.32. The Balaban J connectivity index is 1.59. The Kier molecular flexibility index (Phi) is 6.04. The summed E-state index contributed by atoms with van der Waals surface area (Å²) in [6.45, 7) is 3.63. The van der Waals surface area contributed by atoms with Gasteiger partial charge in [-0.25, -0.2) is 19.9 Å². The van der Waals surface area contributed by atoms with Crippen LogP contribution in [-0.4, -0.2) is 45.3 Å². The van der Waals surface area contributed by atoms with Crippen molar-refractivity contribution in [1.82, 2.24) is 19.9 Å². The maximum atomic E-state index is 9.59. The average molecular weight is 406 g/mol. The highest BCUT2D eigenvalue weighted by atomic mass is 16.5. The Bertz CT molecular complexity index is 978. The predicted octanol–water partition coefficient (Wildman–Crippen LogP) is 2.68. The summed E-state index contributed by atoms with van der Waals surface area (Å²) in [7, 11) is 1.59. The lowest BCUT2D eigenvalue weighted by Gasteiger charge is -2.31. The van der Waals surface area contributed by atoms with Gasteiger partial charge in [0, 0.05) is 50.1 Å². The number of hydrogen-bond acceptors (Lipinski definition) is 8. The first-order chi connectivity index (χ1) is 14.7. The molecule has 1 unspecified atom stereocenters. The van der Waals surface area contributed by atoms with Gasteiger partial charge in [0.1, 0.15) is 18.0 Å². The van der Waals surface area contributed by atoms with Crippen molar-refractivity contribution in [2.75, 3.05) is 30.5 Å². The van der Waals surface area contributed by atoms with Gasteiger partial charge in [0.15, 0.2) is 0 Å². The number of aliphatic hydroxyl groups is 1. The monoisotopic (exact) mass is 406 g/mol. The van der Waals surface area contributed by atoms with Gasteiger partial charge < -0.3 is 20.1 Å². The van der Waals surface area contributed by atoms with E-state index in [-0.39, 0.29) is 12.6 Å². The second-order valence-corrected chi connectivity index (χ2v) is 7.36. The van der Waals surface area contributed by atoms with Crippen molar-refractivity contribution >= 4 is 11.6 Å². The van der Waals surface area contributed by atoms with E-state index >= 15 is 0 Å². The third kappa shape index (κ3) is 4.33. The first kappa shape index (κ1) is 20.0. The van der Waals surface area contributed by atoms with Gasteiger partial charge in [-0.05, 0) is 30.5 Å². The highest BCUT2D eigenvalue weighted by molar-refractivity contribution is 5.53. The van der Waals surface area contributed by atoms with Crippen LogP contribution in [0.25, 0.3) is 0 Å². The number of nitrogens with one attached hydrogen (secondary N) is 1. The van der Waals surface area contributed by atoms with Crippen LogP contribution in [0.4, 0.5) is 11.6 Å². The van der Waals surface area contributed by atoms with Crippen molar-refractivity contribution in [3.05, 3.63) is 65.4 Å². The van der Waals surface area contributed by atoms with Crippen LogP contribution < -0.4 is 15.0 Å². The summed E-state index contributed by atoms with van der Waals surface area (Å²) in [4.78, 5) is 20.1. The molecule has 30 heavy (non-hydrogen) atoms. The Labute approximate surface area is 176 Å². The number of rotatable bonds is 7. The van der Waals surface area contributed by atoms with Crippen molar-refractivity contribution in [2.24, 2.45) is 0 Å². The fourth-order valence-electron chi connectivity index (χ4n) is 3.64. The van der Waals surface area contributed by atoms with E-state index in [2.05, 4.69) is 42.3 Å². The Morgan fingerprint density at radius 1 is 1.13 bits per heavy atom. The molecule has 0 amide bonds. The van der Waals surface area contributed by atoms with E-state index in [1.807, 2.05) is 25.3 Å². The van der Waals surface area contributed by atoms with Gasteiger partial charge >= 0.3 is 0 Å². The zero-order valence-electron chi connectivity index (χ0n) is 17.2. The molecule has 8 heteroatoms. The molecule has 156 valence electrons. The SMILES string of the molecule is COc1ccc(C(CCO)Nc2ncnc3c2CN(c2ccc(C)cn2)CC3)cn1. The van der Waals surface area contributed by atoms with Gasteiger partial charge in [-0.15, -0.1) is 0 Å². The zero-order chi connectivity index (χ0) is 20.9. The minimum absolute atomic E-state index is 0.0520. The van der Waals surface area contributed by atoms with E-state index in [1.165, 1.54) is 0 Å². The summed E-state index contributed by atoms with van der Waals surface area (Å²) in [6, 6.07) is 7.78. The molecule has 0 aromatic carbocycles. The average Bonchev–Trinajstić information content (AvgIpc) is 2.79. The summed E-state index contributed by atoms with van der Waals surface area (Å²) < 4.78 is 5.15. The van der Waals surface area contributed by atoms with Crippen molar-refractivity contribution in [1.29, 1.82) is 0 Å². The first-order valence-electron chi connectivity index (χ1n) is 10.1. The first-order valence-corrected chi connectivity index (χ1v) is 10.1. The van der Waals surface area contributed by atoms with Crippen LogP contribution in [0.2, 0.25) is 0 Å². The molecule has 8 nitrogen and oxygen atoms in total. The molecule has 0 fully saturated rings. The smallest absolute Gasteiger partial charge is 0.212 e. The minimum Gasteiger partial charge on any atom is -0.481 e. The lowest BCUT2D eigenvalue weighted by atomic mass is 10.0. The summed E-state index contributed by atoms with van der Waals surface area (Å²) in [5.41, 5.74) is 4.22.